The van der Waals surface area contributed by atoms with Crippen molar-refractivity contribution in [1.29, 1.82) is 5.41 Å². The van der Waals surface area contributed by atoms with Crippen LogP contribution in [0.4, 0.5) is 0 Å². The van der Waals surface area contributed by atoms with Gasteiger partial charge in [0.2, 0.25) is 0 Å². The number of nitrogens with two attached hydrogens (primary N) is 2. The molecule has 9 heavy (non-hydrogen) atoms. The van der Waals surface area contributed by atoms with Crippen LogP contribution in [0.5, 0.6) is 0 Å². The standard InChI is InChI=1S/C5H9N3O/c1-3(7)4(2-6)5(8)9/h2,7H,6H2,1H3,(H2,8,9)/b4-2+,7-3?. The zero-order valence-electron chi connectivity index (χ0n) is 5.14. The third-order valence-electron chi connectivity index (χ3n) is 0.836. The van der Waals surface area contributed by atoms with Gasteiger partial charge in [0.15, 0.2) is 0 Å². The molecular formula is C5H9N3O. The van der Waals surface area contributed by atoms with Gasteiger partial charge in [-0.2, -0.15) is 0 Å². The van der Waals surface area contributed by atoms with Gasteiger partial charge in [0.05, 0.1) is 5.57 Å². The van der Waals surface area contributed by atoms with E-state index in [4.69, 9.17) is 16.9 Å². The van der Waals surface area contributed by atoms with E-state index in [9.17, 15) is 4.79 Å². The Morgan fingerprint density at radius 1 is 1.67 bits per heavy atom. The molecule has 0 saturated carbocycles. The van der Waals surface area contributed by atoms with Crippen LogP contribution in [0.2, 0.25) is 0 Å². The number of primary amides is 1. The van der Waals surface area contributed by atoms with Gasteiger partial charge in [-0.1, -0.05) is 0 Å². The molecule has 0 fully saturated rings. The van der Waals surface area contributed by atoms with Gasteiger partial charge in [-0.3, -0.25) is 4.79 Å². The van der Waals surface area contributed by atoms with E-state index in [1.165, 1.54) is 6.92 Å². The molecule has 0 aliphatic rings. The lowest BCUT2D eigenvalue weighted by molar-refractivity contribution is -0.114. The molecule has 4 nitrogen and oxygen atoms in total. The first kappa shape index (κ1) is 7.68. The topological polar surface area (TPSA) is 93.0 Å². The van der Waals surface area contributed by atoms with E-state index in [0.29, 0.717) is 0 Å². The molecule has 0 spiro atoms. The maximum absolute atomic E-state index is 10.3. The van der Waals surface area contributed by atoms with Gasteiger partial charge in [0.25, 0.3) is 5.91 Å². The van der Waals surface area contributed by atoms with E-state index in [1.807, 2.05) is 0 Å². The zero-order chi connectivity index (χ0) is 7.44. The van der Waals surface area contributed by atoms with Crippen molar-refractivity contribution in [3.8, 4) is 0 Å². The van der Waals surface area contributed by atoms with Crippen molar-refractivity contribution < 1.29 is 4.79 Å². The molecule has 0 aliphatic carbocycles. The predicted octanol–water partition coefficient (Wildman–Crippen LogP) is -0.646. The molecule has 0 aromatic heterocycles. The third kappa shape index (κ3) is 1.94. The van der Waals surface area contributed by atoms with E-state index in [0.717, 1.165) is 6.20 Å². The first-order valence-corrected chi connectivity index (χ1v) is 2.36. The summed E-state index contributed by atoms with van der Waals surface area (Å²) in [6.45, 7) is 1.45. The molecule has 0 rings (SSSR count). The van der Waals surface area contributed by atoms with Gasteiger partial charge in [0, 0.05) is 11.9 Å². The zero-order valence-corrected chi connectivity index (χ0v) is 5.14. The van der Waals surface area contributed by atoms with Crippen LogP contribution in [-0.4, -0.2) is 11.6 Å². The molecule has 0 aromatic rings. The first-order valence-electron chi connectivity index (χ1n) is 2.36. The van der Waals surface area contributed by atoms with Crippen LogP contribution in [0.3, 0.4) is 0 Å². The normalized spacial score (nSPS) is 11.0. The van der Waals surface area contributed by atoms with Crippen LogP contribution in [-0.2, 0) is 4.79 Å². The van der Waals surface area contributed by atoms with Crippen LogP contribution in [0, 0.1) is 5.41 Å². The van der Waals surface area contributed by atoms with Crippen molar-refractivity contribution in [2.75, 3.05) is 0 Å². The van der Waals surface area contributed by atoms with Crippen LogP contribution >= 0.6 is 0 Å². The summed E-state index contributed by atoms with van der Waals surface area (Å²) in [4.78, 5) is 10.3. The number of nitrogens with one attached hydrogen (secondary N) is 1. The van der Waals surface area contributed by atoms with Crippen molar-refractivity contribution in [3.05, 3.63) is 11.8 Å². The molecular weight excluding hydrogens is 118 g/mol. The Kier molecular flexibility index (Phi) is 2.44. The minimum atomic E-state index is -0.662. The maximum Gasteiger partial charge on any atom is 0.251 e. The van der Waals surface area contributed by atoms with Crippen LogP contribution in [0.1, 0.15) is 6.92 Å². The Morgan fingerprint density at radius 2 is 2.11 bits per heavy atom. The minimum Gasteiger partial charge on any atom is -0.404 e. The Labute approximate surface area is 53.0 Å². The molecule has 50 valence electrons. The molecule has 4 heteroatoms. The van der Waals surface area contributed by atoms with Gasteiger partial charge in [-0.25, -0.2) is 0 Å². The SMILES string of the molecule is CC(=N)/C(=C\N)C(N)=O. The van der Waals surface area contributed by atoms with Gasteiger partial charge >= 0.3 is 0 Å². The third-order valence-corrected chi connectivity index (χ3v) is 0.836. The second-order valence-corrected chi connectivity index (χ2v) is 1.57. The monoisotopic (exact) mass is 127 g/mol. The molecule has 0 unspecified atom stereocenters. The Balaban J connectivity index is 4.38. The van der Waals surface area contributed by atoms with Gasteiger partial charge in [0.1, 0.15) is 0 Å². The van der Waals surface area contributed by atoms with E-state index >= 15 is 0 Å². The van der Waals surface area contributed by atoms with E-state index < -0.39 is 5.91 Å². The van der Waals surface area contributed by atoms with Crippen LogP contribution in [0.15, 0.2) is 11.8 Å². The smallest absolute Gasteiger partial charge is 0.251 e. The van der Waals surface area contributed by atoms with Crippen LogP contribution in [0.25, 0.3) is 0 Å². The fourth-order valence-corrected chi connectivity index (χ4v) is 0.392. The minimum absolute atomic E-state index is 0.0648. The number of carbonyl (C=O) groups is 1. The summed E-state index contributed by atoms with van der Waals surface area (Å²) in [5.74, 6) is -0.662. The summed E-state index contributed by atoms with van der Waals surface area (Å²) >= 11 is 0. The summed E-state index contributed by atoms with van der Waals surface area (Å²) in [5, 5.41) is 6.93. The van der Waals surface area contributed by atoms with Crippen molar-refractivity contribution in [1.82, 2.24) is 0 Å². The van der Waals surface area contributed by atoms with Crippen molar-refractivity contribution in [2.24, 2.45) is 11.5 Å². The Bertz CT molecular complexity index is 155. The number of carbonyl (C=O) groups excluding carboxylic acids is 1. The fourth-order valence-electron chi connectivity index (χ4n) is 0.392. The van der Waals surface area contributed by atoms with E-state index in [-0.39, 0.29) is 11.3 Å². The molecule has 0 atom stereocenters. The highest BCUT2D eigenvalue weighted by Crippen LogP contribution is 1.90. The number of hydrogen-bond donors (Lipinski definition) is 3. The highest BCUT2D eigenvalue weighted by atomic mass is 16.1. The summed E-state index contributed by atoms with van der Waals surface area (Å²) < 4.78 is 0. The average molecular weight is 127 g/mol. The lowest BCUT2D eigenvalue weighted by atomic mass is 10.2. The second-order valence-electron chi connectivity index (χ2n) is 1.57. The van der Waals surface area contributed by atoms with Gasteiger partial charge < -0.3 is 16.9 Å². The molecule has 0 aliphatic heterocycles. The van der Waals surface area contributed by atoms with E-state index in [1.54, 1.807) is 0 Å². The van der Waals surface area contributed by atoms with Crippen molar-refractivity contribution in [2.45, 2.75) is 6.92 Å². The quantitative estimate of drug-likeness (QED) is 0.340. The summed E-state index contributed by atoms with van der Waals surface area (Å²) in [6, 6.07) is 0. The van der Waals surface area contributed by atoms with Gasteiger partial charge in [-0.15, -0.1) is 0 Å². The predicted molar refractivity (Wildman–Crippen MR) is 34.9 cm³/mol. The molecule has 0 radical (unpaired) electrons. The molecule has 0 heterocycles. The number of rotatable bonds is 2. The molecule has 0 bridgehead atoms. The second kappa shape index (κ2) is 2.86. The lowest BCUT2D eigenvalue weighted by Crippen LogP contribution is -2.19. The number of amides is 1. The molecule has 1 amide bonds. The summed E-state index contributed by atoms with van der Waals surface area (Å²) in [5.41, 5.74) is 9.94. The summed E-state index contributed by atoms with van der Waals surface area (Å²) in [7, 11) is 0. The van der Waals surface area contributed by atoms with Gasteiger partial charge in [-0.05, 0) is 6.92 Å². The highest BCUT2D eigenvalue weighted by Gasteiger charge is 2.04. The molecule has 0 aromatic carbocycles. The Hall–Kier alpha value is -1.32. The maximum atomic E-state index is 10.3. The van der Waals surface area contributed by atoms with Crippen molar-refractivity contribution >= 4 is 11.6 Å². The summed E-state index contributed by atoms with van der Waals surface area (Å²) in [6.07, 6.45) is 1.03. The Morgan fingerprint density at radius 3 is 2.11 bits per heavy atom. The molecule has 0 saturated heterocycles. The largest absolute Gasteiger partial charge is 0.404 e. The molecule has 5 N–H and O–H groups in total. The fraction of sp³-hybridized carbons (Fsp3) is 0.200. The number of hydrogen-bond acceptors (Lipinski definition) is 3. The van der Waals surface area contributed by atoms with Crippen molar-refractivity contribution in [3.63, 3.8) is 0 Å². The van der Waals surface area contributed by atoms with E-state index in [2.05, 4.69) is 0 Å². The average Bonchev–Trinajstić information content (AvgIpc) is 1.64. The first-order chi connectivity index (χ1) is 4.09. The lowest BCUT2D eigenvalue weighted by Gasteiger charge is -1.95. The highest BCUT2D eigenvalue weighted by molar-refractivity contribution is 6.18. The van der Waals surface area contributed by atoms with Crippen LogP contribution < -0.4 is 11.5 Å².